The van der Waals surface area contributed by atoms with E-state index >= 15 is 4.39 Å². The van der Waals surface area contributed by atoms with Gasteiger partial charge in [-0.3, -0.25) is 4.79 Å². The van der Waals surface area contributed by atoms with Crippen LogP contribution >= 0.6 is 34.8 Å². The summed E-state index contributed by atoms with van der Waals surface area (Å²) >= 11 is 17.6. The molecule has 222 valence electrons. The monoisotopic (exact) mass is 662 g/mol. The Morgan fingerprint density at radius 2 is 1.41 bits per heavy atom. The van der Waals surface area contributed by atoms with Gasteiger partial charge in [0.25, 0.3) is 0 Å². The summed E-state index contributed by atoms with van der Waals surface area (Å²) in [7, 11) is -4.53. The second-order valence-electron chi connectivity index (χ2n) is 9.44. The molecule has 41 heavy (non-hydrogen) atoms. The van der Waals surface area contributed by atoms with Crippen molar-refractivity contribution in [3.8, 4) is 0 Å². The number of ketones is 1. The average molecular weight is 664 g/mol. The van der Waals surface area contributed by atoms with Gasteiger partial charge in [-0.05, 0) is 40.5 Å². The van der Waals surface area contributed by atoms with E-state index < -0.39 is 69.1 Å². The summed E-state index contributed by atoms with van der Waals surface area (Å²) in [5, 5.41) is -0.444. The predicted molar refractivity (Wildman–Crippen MR) is 146 cm³/mol. The van der Waals surface area contributed by atoms with Crippen molar-refractivity contribution in [1.82, 2.24) is 0 Å². The smallest absolute Gasteiger partial charge is 0.294 e. The van der Waals surface area contributed by atoms with Gasteiger partial charge in [-0.25, -0.2) is 12.8 Å². The average Bonchev–Trinajstić information content (AvgIpc) is 2.81. The van der Waals surface area contributed by atoms with Gasteiger partial charge >= 0.3 is 12.4 Å². The second kappa shape index (κ2) is 12.5. The Hall–Kier alpha value is -2.34. The molecular weight excluding hydrogens is 644 g/mol. The Balaban J connectivity index is 1.98. The van der Waals surface area contributed by atoms with E-state index in [2.05, 4.69) is 0 Å². The molecule has 0 radical (unpaired) electrons. The first kappa shape index (κ1) is 33.2. The molecule has 1 unspecified atom stereocenters. The number of rotatable bonds is 9. The number of hydrogen-bond donors (Lipinski definition) is 0. The Kier molecular flexibility index (Phi) is 10.1. The van der Waals surface area contributed by atoms with Crippen molar-refractivity contribution < 1.29 is 43.9 Å². The number of fused-ring (bicyclic) bond motifs is 1. The van der Waals surface area contributed by atoms with Crippen molar-refractivity contribution in [2.45, 2.75) is 31.6 Å². The maximum Gasteiger partial charge on any atom is 0.402 e. The van der Waals surface area contributed by atoms with E-state index in [0.29, 0.717) is 6.08 Å². The van der Waals surface area contributed by atoms with Crippen LogP contribution in [0.1, 0.15) is 40.7 Å². The maximum absolute atomic E-state index is 15.5. The fourth-order valence-corrected chi connectivity index (χ4v) is 6.56. The van der Waals surface area contributed by atoms with Crippen molar-refractivity contribution in [2.24, 2.45) is 5.92 Å². The van der Waals surface area contributed by atoms with Crippen LogP contribution in [0.25, 0.3) is 16.6 Å². The lowest BCUT2D eigenvalue weighted by molar-refractivity contribution is -0.139. The van der Waals surface area contributed by atoms with Crippen molar-refractivity contribution in [2.75, 3.05) is 11.5 Å². The molecule has 14 heteroatoms. The molecule has 0 amide bonds. The lowest BCUT2D eigenvalue weighted by Gasteiger charge is -2.19. The van der Waals surface area contributed by atoms with Gasteiger partial charge in [-0.1, -0.05) is 78.1 Å². The van der Waals surface area contributed by atoms with Gasteiger partial charge in [0, 0.05) is 17.5 Å². The van der Waals surface area contributed by atoms with E-state index in [4.69, 9.17) is 34.8 Å². The Bertz CT molecular complexity index is 1580. The highest BCUT2D eigenvalue weighted by atomic mass is 35.5. The van der Waals surface area contributed by atoms with Crippen molar-refractivity contribution in [3.63, 3.8) is 0 Å². The standard InChI is InChI=1S/C27H20Cl3F7O3S/c1-14(12-41(39,40)13-26(32,33)34)8-24(38)19-7-6-18(16-4-2-3-5-17(16)19)23(31)11-20(27(35,36)37)15-9-21(28)25(30)22(29)10-15/h2-7,9-11,14,20H,8,12-13H2,1H3/b23-11-/t14-,20?/m0/s1. The Labute approximate surface area is 245 Å². The summed E-state index contributed by atoms with van der Waals surface area (Å²) in [6, 6.07) is 9.89. The summed E-state index contributed by atoms with van der Waals surface area (Å²) in [6.07, 6.45) is -9.98. The zero-order valence-electron chi connectivity index (χ0n) is 20.9. The highest BCUT2D eigenvalue weighted by Crippen LogP contribution is 2.43. The number of carbonyl (C=O) groups excluding carboxylic acids is 1. The molecule has 3 nitrogen and oxygen atoms in total. The van der Waals surface area contributed by atoms with Crippen LogP contribution in [0.15, 0.2) is 54.6 Å². The highest BCUT2D eigenvalue weighted by molar-refractivity contribution is 7.91. The Morgan fingerprint density at radius 3 is 1.93 bits per heavy atom. The van der Waals surface area contributed by atoms with Gasteiger partial charge < -0.3 is 0 Å². The number of carbonyl (C=O) groups is 1. The van der Waals surface area contributed by atoms with E-state index in [0.717, 1.165) is 18.2 Å². The molecule has 0 aromatic heterocycles. The normalized spacial score (nSPS) is 14.8. The first-order valence-corrected chi connectivity index (χ1v) is 14.7. The van der Waals surface area contributed by atoms with Crippen LogP contribution in [0.4, 0.5) is 30.7 Å². The number of hydrogen-bond acceptors (Lipinski definition) is 3. The van der Waals surface area contributed by atoms with E-state index in [1.807, 2.05) is 0 Å². The number of sulfone groups is 1. The van der Waals surface area contributed by atoms with Crippen LogP contribution < -0.4 is 0 Å². The van der Waals surface area contributed by atoms with Crippen LogP contribution in [0.5, 0.6) is 0 Å². The van der Waals surface area contributed by atoms with Crippen LogP contribution in [-0.2, 0) is 9.84 Å². The molecule has 3 aromatic rings. The topological polar surface area (TPSA) is 51.2 Å². The molecule has 2 atom stereocenters. The zero-order chi connectivity index (χ0) is 30.9. The number of benzene rings is 3. The fraction of sp³-hybridized carbons (Fsp3) is 0.296. The number of allylic oxidation sites excluding steroid dienone is 1. The van der Waals surface area contributed by atoms with E-state index in [1.54, 1.807) is 0 Å². The van der Waals surface area contributed by atoms with Crippen LogP contribution in [0.3, 0.4) is 0 Å². The van der Waals surface area contributed by atoms with E-state index in [-0.39, 0.29) is 37.0 Å². The lowest BCUT2D eigenvalue weighted by atomic mass is 9.92. The largest absolute Gasteiger partial charge is 0.402 e. The van der Waals surface area contributed by atoms with Crippen LogP contribution in [0, 0.1) is 5.92 Å². The van der Waals surface area contributed by atoms with Crippen molar-refractivity contribution in [3.05, 3.63) is 86.4 Å². The van der Waals surface area contributed by atoms with Gasteiger partial charge in [0.2, 0.25) is 0 Å². The van der Waals surface area contributed by atoms with Crippen LogP contribution in [-0.4, -0.2) is 38.1 Å². The predicted octanol–water partition coefficient (Wildman–Crippen LogP) is 9.64. The third-order valence-electron chi connectivity index (χ3n) is 5.97. The fourth-order valence-electron chi connectivity index (χ4n) is 4.35. The highest BCUT2D eigenvalue weighted by Gasteiger charge is 2.40. The number of alkyl halides is 6. The molecule has 0 aliphatic rings. The summed E-state index contributed by atoms with van der Waals surface area (Å²) in [5.41, 5.74) is -0.725. The Morgan fingerprint density at radius 1 is 0.902 bits per heavy atom. The molecule has 0 aliphatic heterocycles. The molecule has 0 saturated heterocycles. The van der Waals surface area contributed by atoms with Gasteiger partial charge in [-0.2, -0.15) is 26.3 Å². The molecule has 3 aromatic carbocycles. The number of halogens is 10. The molecule has 0 bridgehead atoms. The van der Waals surface area contributed by atoms with Crippen molar-refractivity contribution in [1.29, 1.82) is 0 Å². The lowest BCUT2D eigenvalue weighted by Crippen LogP contribution is -2.28. The summed E-state index contributed by atoms with van der Waals surface area (Å²) in [6.45, 7) is 1.30. The van der Waals surface area contributed by atoms with E-state index in [9.17, 15) is 39.6 Å². The minimum Gasteiger partial charge on any atom is -0.294 e. The molecule has 0 fully saturated rings. The molecule has 0 saturated carbocycles. The van der Waals surface area contributed by atoms with Crippen molar-refractivity contribution >= 4 is 67.0 Å². The SMILES string of the molecule is C[C@@H](CC(=O)c1ccc(/C(F)=C/C(c2cc(Cl)c(Cl)c(Cl)c2)C(F)(F)F)c2ccccc12)CS(=O)(=O)CC(F)(F)F. The maximum atomic E-state index is 15.5. The molecule has 0 N–H and O–H groups in total. The first-order chi connectivity index (χ1) is 18.8. The summed E-state index contributed by atoms with van der Waals surface area (Å²) in [4.78, 5) is 13.0. The third kappa shape index (κ3) is 8.59. The molecular formula is C27H20Cl3F7O3S. The molecule has 0 spiro atoms. The first-order valence-electron chi connectivity index (χ1n) is 11.7. The second-order valence-corrected chi connectivity index (χ2v) is 12.7. The number of Topliss-reactive ketones (excluding diaryl/α,β-unsaturated/α-hetero) is 1. The van der Waals surface area contributed by atoms with Gasteiger partial charge in [-0.15, -0.1) is 0 Å². The summed E-state index contributed by atoms with van der Waals surface area (Å²) in [5.74, 6) is -8.25. The van der Waals surface area contributed by atoms with Gasteiger partial charge in [0.15, 0.2) is 15.6 Å². The quantitative estimate of drug-likeness (QED) is 0.130. The molecule has 3 rings (SSSR count). The third-order valence-corrected chi connectivity index (χ3v) is 9.01. The van der Waals surface area contributed by atoms with Crippen LogP contribution in [0.2, 0.25) is 15.1 Å². The summed E-state index contributed by atoms with van der Waals surface area (Å²) < 4.78 is 119. The molecule has 0 aliphatic carbocycles. The molecule has 0 heterocycles. The van der Waals surface area contributed by atoms with Gasteiger partial charge in [0.05, 0.1) is 20.8 Å². The van der Waals surface area contributed by atoms with Gasteiger partial charge in [0.1, 0.15) is 17.5 Å². The zero-order valence-corrected chi connectivity index (χ0v) is 24.0. The van der Waals surface area contributed by atoms with E-state index in [1.165, 1.54) is 37.3 Å². The minimum atomic E-state index is -4.95. The minimum absolute atomic E-state index is 0.000792.